The standard InChI is InChI=1S/C23H22N4O3S/c1-2-24-22(29)14-30-19-10-8-17(9-11-19)25-21(28)12-18-15-31-23-26-20(13-27(18)23)16-6-4-3-5-7-16/h3-11,13,15H,2,12,14H2,1H3,(H,24,29)(H,25,28). The van der Waals surface area contributed by atoms with Crippen LogP contribution in [0.1, 0.15) is 12.6 Å². The van der Waals surface area contributed by atoms with E-state index in [0.717, 1.165) is 21.9 Å². The van der Waals surface area contributed by atoms with E-state index in [1.54, 1.807) is 24.3 Å². The van der Waals surface area contributed by atoms with Crippen molar-refractivity contribution in [3.8, 4) is 17.0 Å². The Morgan fingerprint density at radius 1 is 1.06 bits per heavy atom. The van der Waals surface area contributed by atoms with Gasteiger partial charge in [-0.05, 0) is 31.2 Å². The van der Waals surface area contributed by atoms with Gasteiger partial charge in [0.1, 0.15) is 5.75 Å². The zero-order valence-electron chi connectivity index (χ0n) is 17.0. The number of benzene rings is 2. The second-order valence-corrected chi connectivity index (χ2v) is 7.70. The molecule has 2 heterocycles. The zero-order chi connectivity index (χ0) is 21.6. The predicted molar refractivity (Wildman–Crippen MR) is 121 cm³/mol. The Morgan fingerprint density at radius 2 is 1.84 bits per heavy atom. The molecule has 4 rings (SSSR count). The summed E-state index contributed by atoms with van der Waals surface area (Å²) in [4.78, 5) is 29.5. The minimum Gasteiger partial charge on any atom is -0.484 e. The molecule has 2 amide bonds. The number of anilines is 1. The lowest BCUT2D eigenvalue weighted by Crippen LogP contribution is -2.28. The second kappa shape index (κ2) is 9.44. The number of carbonyl (C=O) groups excluding carboxylic acids is 2. The van der Waals surface area contributed by atoms with E-state index in [9.17, 15) is 9.59 Å². The van der Waals surface area contributed by atoms with Crippen molar-refractivity contribution in [3.05, 3.63) is 71.9 Å². The van der Waals surface area contributed by atoms with Gasteiger partial charge in [-0.15, -0.1) is 11.3 Å². The molecule has 2 aromatic carbocycles. The van der Waals surface area contributed by atoms with Crippen LogP contribution in [0.4, 0.5) is 5.69 Å². The molecule has 31 heavy (non-hydrogen) atoms. The van der Waals surface area contributed by atoms with E-state index in [1.165, 1.54) is 11.3 Å². The van der Waals surface area contributed by atoms with Crippen LogP contribution in [0.3, 0.4) is 0 Å². The first-order valence-corrected chi connectivity index (χ1v) is 10.8. The fraction of sp³-hybridized carbons (Fsp3) is 0.174. The lowest BCUT2D eigenvalue weighted by atomic mass is 10.2. The number of nitrogens with zero attached hydrogens (tertiary/aromatic N) is 2. The SMILES string of the molecule is CCNC(=O)COc1ccc(NC(=O)Cc2csc3nc(-c4ccccc4)cn23)cc1. The van der Waals surface area contributed by atoms with Crippen LogP contribution in [-0.2, 0) is 16.0 Å². The Bertz CT molecular complexity index is 1180. The summed E-state index contributed by atoms with van der Waals surface area (Å²) in [5, 5.41) is 7.52. The van der Waals surface area contributed by atoms with Crippen LogP contribution in [0.2, 0.25) is 0 Å². The maximum atomic E-state index is 12.5. The predicted octanol–water partition coefficient (Wildman–Crippen LogP) is 3.76. The van der Waals surface area contributed by atoms with E-state index in [-0.39, 0.29) is 24.8 Å². The highest BCUT2D eigenvalue weighted by molar-refractivity contribution is 7.15. The average molecular weight is 435 g/mol. The van der Waals surface area contributed by atoms with Gasteiger partial charge in [0.2, 0.25) is 5.91 Å². The van der Waals surface area contributed by atoms with Crippen molar-refractivity contribution < 1.29 is 14.3 Å². The Hall–Kier alpha value is -3.65. The van der Waals surface area contributed by atoms with Crippen LogP contribution in [0.5, 0.6) is 5.75 Å². The molecule has 0 saturated carbocycles. The number of imidazole rings is 1. The molecular formula is C23H22N4O3S. The van der Waals surface area contributed by atoms with Crippen LogP contribution in [0.15, 0.2) is 66.2 Å². The number of fused-ring (bicyclic) bond motifs is 1. The van der Waals surface area contributed by atoms with E-state index < -0.39 is 0 Å². The van der Waals surface area contributed by atoms with Gasteiger partial charge in [0, 0.05) is 35.1 Å². The third kappa shape index (κ3) is 5.10. The number of thiazole rings is 1. The fourth-order valence-electron chi connectivity index (χ4n) is 3.11. The Morgan fingerprint density at radius 3 is 2.58 bits per heavy atom. The van der Waals surface area contributed by atoms with Crippen molar-refractivity contribution >= 4 is 33.8 Å². The van der Waals surface area contributed by atoms with Gasteiger partial charge in [-0.1, -0.05) is 30.3 Å². The van der Waals surface area contributed by atoms with Gasteiger partial charge in [-0.25, -0.2) is 4.98 Å². The molecule has 0 atom stereocenters. The minimum atomic E-state index is -0.170. The van der Waals surface area contributed by atoms with Gasteiger partial charge >= 0.3 is 0 Å². The van der Waals surface area contributed by atoms with Gasteiger partial charge in [-0.3, -0.25) is 14.0 Å². The number of rotatable bonds is 8. The average Bonchev–Trinajstić information content (AvgIpc) is 3.36. The topological polar surface area (TPSA) is 84.7 Å². The van der Waals surface area contributed by atoms with Crippen LogP contribution < -0.4 is 15.4 Å². The number of aromatic nitrogens is 2. The Balaban J connectivity index is 1.37. The molecule has 158 valence electrons. The molecule has 0 unspecified atom stereocenters. The first kappa shape index (κ1) is 20.6. The maximum absolute atomic E-state index is 12.5. The number of likely N-dealkylation sites (N-methyl/N-ethyl adjacent to an activating group) is 1. The molecule has 7 nitrogen and oxygen atoms in total. The first-order valence-electron chi connectivity index (χ1n) is 9.92. The zero-order valence-corrected chi connectivity index (χ0v) is 17.8. The van der Waals surface area contributed by atoms with Crippen LogP contribution in [-0.4, -0.2) is 34.4 Å². The van der Waals surface area contributed by atoms with Gasteiger partial charge in [0.05, 0.1) is 12.1 Å². The van der Waals surface area contributed by atoms with Crippen molar-refractivity contribution in [2.45, 2.75) is 13.3 Å². The van der Waals surface area contributed by atoms with E-state index in [2.05, 4.69) is 15.6 Å². The van der Waals surface area contributed by atoms with E-state index in [1.807, 2.05) is 53.2 Å². The number of nitrogens with one attached hydrogen (secondary N) is 2. The minimum absolute atomic E-state index is 0.0381. The summed E-state index contributed by atoms with van der Waals surface area (Å²) >= 11 is 1.51. The van der Waals surface area contributed by atoms with Crippen molar-refractivity contribution in [2.75, 3.05) is 18.5 Å². The molecule has 0 fully saturated rings. The quantitative estimate of drug-likeness (QED) is 0.442. The molecule has 0 radical (unpaired) electrons. The Labute approximate surface area is 183 Å². The highest BCUT2D eigenvalue weighted by Crippen LogP contribution is 2.24. The highest BCUT2D eigenvalue weighted by Gasteiger charge is 2.13. The molecule has 0 aliphatic heterocycles. The largest absolute Gasteiger partial charge is 0.484 e. The van der Waals surface area contributed by atoms with Crippen molar-refractivity contribution in [3.63, 3.8) is 0 Å². The molecule has 0 aliphatic carbocycles. The maximum Gasteiger partial charge on any atom is 0.257 e. The van der Waals surface area contributed by atoms with Gasteiger partial charge < -0.3 is 15.4 Å². The number of hydrogen-bond acceptors (Lipinski definition) is 5. The highest BCUT2D eigenvalue weighted by atomic mass is 32.1. The van der Waals surface area contributed by atoms with Crippen molar-refractivity contribution in [1.82, 2.24) is 14.7 Å². The summed E-state index contributed by atoms with van der Waals surface area (Å²) < 4.78 is 7.38. The lowest BCUT2D eigenvalue weighted by Gasteiger charge is -2.08. The summed E-state index contributed by atoms with van der Waals surface area (Å²) in [5.74, 6) is 0.276. The lowest BCUT2D eigenvalue weighted by molar-refractivity contribution is -0.123. The van der Waals surface area contributed by atoms with Crippen LogP contribution in [0.25, 0.3) is 16.2 Å². The molecule has 0 spiro atoms. The molecule has 0 aliphatic rings. The monoisotopic (exact) mass is 434 g/mol. The van der Waals surface area contributed by atoms with Crippen LogP contribution >= 0.6 is 11.3 Å². The van der Waals surface area contributed by atoms with E-state index >= 15 is 0 Å². The molecule has 0 bridgehead atoms. The van der Waals surface area contributed by atoms with Crippen LogP contribution in [0, 0.1) is 0 Å². The number of amides is 2. The third-order valence-electron chi connectivity index (χ3n) is 4.58. The molecule has 4 aromatic rings. The van der Waals surface area contributed by atoms with E-state index in [0.29, 0.717) is 18.0 Å². The Kier molecular flexibility index (Phi) is 6.28. The fourth-order valence-corrected chi connectivity index (χ4v) is 3.98. The summed E-state index contributed by atoms with van der Waals surface area (Å²) in [6, 6.07) is 16.9. The third-order valence-corrected chi connectivity index (χ3v) is 5.47. The van der Waals surface area contributed by atoms with Crippen molar-refractivity contribution in [2.24, 2.45) is 0 Å². The summed E-state index contributed by atoms with van der Waals surface area (Å²) in [6.45, 7) is 2.38. The van der Waals surface area contributed by atoms with Gasteiger partial charge in [-0.2, -0.15) is 0 Å². The van der Waals surface area contributed by atoms with E-state index in [4.69, 9.17) is 4.74 Å². The summed E-state index contributed by atoms with van der Waals surface area (Å²) in [6.07, 6.45) is 2.20. The normalized spacial score (nSPS) is 10.7. The number of ether oxygens (including phenoxy) is 1. The summed E-state index contributed by atoms with van der Waals surface area (Å²) in [5.41, 5.74) is 3.48. The van der Waals surface area contributed by atoms with Gasteiger partial charge in [0.15, 0.2) is 11.6 Å². The molecule has 8 heteroatoms. The molecule has 2 N–H and O–H groups in total. The number of hydrogen-bond donors (Lipinski definition) is 2. The first-order chi connectivity index (χ1) is 15.1. The second-order valence-electron chi connectivity index (χ2n) is 6.86. The number of carbonyl (C=O) groups is 2. The molecule has 2 aromatic heterocycles. The van der Waals surface area contributed by atoms with Crippen molar-refractivity contribution in [1.29, 1.82) is 0 Å². The molecular weight excluding hydrogens is 412 g/mol. The molecule has 0 saturated heterocycles. The smallest absolute Gasteiger partial charge is 0.257 e. The van der Waals surface area contributed by atoms with Gasteiger partial charge in [0.25, 0.3) is 5.91 Å². The summed E-state index contributed by atoms with van der Waals surface area (Å²) in [7, 11) is 0.